The smallest absolute Gasteiger partial charge is 0.407 e. The van der Waals surface area contributed by atoms with Crippen molar-refractivity contribution in [3.8, 4) is 0 Å². The highest BCUT2D eigenvalue weighted by Crippen LogP contribution is 2.22. The average Bonchev–Trinajstić information content (AvgIpc) is 2.10. The van der Waals surface area contributed by atoms with Crippen LogP contribution in [0, 0.1) is 0 Å². The first kappa shape index (κ1) is 8.16. The number of halogens is 3. The summed E-state index contributed by atoms with van der Waals surface area (Å²) in [4.78, 5) is 10.2. The molecule has 64 valence electrons. The van der Waals surface area contributed by atoms with Crippen LogP contribution in [0.3, 0.4) is 0 Å². The molecule has 1 aliphatic heterocycles. The molecule has 11 heavy (non-hydrogen) atoms. The Morgan fingerprint density at radius 1 is 1.64 bits per heavy atom. The van der Waals surface area contributed by atoms with Gasteiger partial charge in [-0.3, -0.25) is 0 Å². The molecule has 0 saturated carbocycles. The van der Waals surface area contributed by atoms with Gasteiger partial charge in [0.05, 0.1) is 12.5 Å². The van der Waals surface area contributed by atoms with Gasteiger partial charge < -0.3 is 10.1 Å². The predicted molar refractivity (Wildman–Crippen MR) is 28.9 cm³/mol. The number of carbonyl (C=O) groups excluding carboxylic acids is 1. The van der Waals surface area contributed by atoms with Gasteiger partial charge in [-0.15, -0.1) is 0 Å². The summed E-state index contributed by atoms with van der Waals surface area (Å²) in [6.07, 6.45) is -6.05. The number of rotatable bonds is 1. The molecule has 1 N–H and O–H groups in total. The van der Waals surface area contributed by atoms with Crippen LogP contribution in [0.5, 0.6) is 0 Å². The van der Waals surface area contributed by atoms with Crippen molar-refractivity contribution < 1.29 is 22.7 Å². The van der Waals surface area contributed by atoms with E-state index in [2.05, 4.69) is 4.74 Å². The maximum absolute atomic E-state index is 11.6. The zero-order valence-corrected chi connectivity index (χ0v) is 5.44. The first-order valence-corrected chi connectivity index (χ1v) is 2.97. The molecular weight excluding hydrogens is 163 g/mol. The van der Waals surface area contributed by atoms with Crippen LogP contribution < -0.4 is 5.32 Å². The van der Waals surface area contributed by atoms with Gasteiger partial charge in [-0.25, -0.2) is 4.79 Å². The molecule has 1 saturated heterocycles. The molecule has 6 heteroatoms. The number of alkyl halides is 3. The maximum atomic E-state index is 11.6. The molecule has 0 spiro atoms. The maximum Gasteiger partial charge on any atom is 0.407 e. The van der Waals surface area contributed by atoms with Crippen molar-refractivity contribution in [1.82, 2.24) is 5.32 Å². The standard InChI is InChI=1S/C5H6F3NO2/c6-5(7,8)1-3-2-11-4(10)9-3/h3H,1-2H2,(H,9,10). The second-order valence-corrected chi connectivity index (χ2v) is 2.26. The molecule has 3 nitrogen and oxygen atoms in total. The fourth-order valence-electron chi connectivity index (χ4n) is 0.816. The number of amides is 1. The summed E-state index contributed by atoms with van der Waals surface area (Å²) in [5, 5.41) is 2.03. The van der Waals surface area contributed by atoms with Crippen LogP contribution in [0.1, 0.15) is 6.42 Å². The minimum atomic E-state index is -4.24. The molecule has 0 radical (unpaired) electrons. The molecule has 0 aromatic carbocycles. The van der Waals surface area contributed by atoms with Crippen molar-refractivity contribution in [3.05, 3.63) is 0 Å². The van der Waals surface area contributed by atoms with Crippen LogP contribution in [-0.2, 0) is 4.74 Å². The molecule has 0 bridgehead atoms. The van der Waals surface area contributed by atoms with Gasteiger partial charge in [0.25, 0.3) is 0 Å². The van der Waals surface area contributed by atoms with E-state index in [4.69, 9.17) is 0 Å². The summed E-state index contributed by atoms with van der Waals surface area (Å²) in [6, 6.07) is -0.914. The fourth-order valence-corrected chi connectivity index (χ4v) is 0.816. The van der Waals surface area contributed by atoms with Crippen LogP contribution in [0.2, 0.25) is 0 Å². The lowest BCUT2D eigenvalue weighted by Crippen LogP contribution is -2.31. The summed E-state index contributed by atoms with van der Waals surface area (Å²) >= 11 is 0. The molecule has 1 unspecified atom stereocenters. The van der Waals surface area contributed by atoms with Gasteiger partial charge >= 0.3 is 12.3 Å². The van der Waals surface area contributed by atoms with Gasteiger partial charge in [-0.1, -0.05) is 0 Å². The van der Waals surface area contributed by atoms with Crippen LogP contribution >= 0.6 is 0 Å². The van der Waals surface area contributed by atoms with Gasteiger partial charge in [0.15, 0.2) is 0 Å². The molecule has 0 aliphatic carbocycles. The van der Waals surface area contributed by atoms with E-state index in [1.165, 1.54) is 0 Å². The lowest BCUT2D eigenvalue weighted by molar-refractivity contribution is -0.139. The monoisotopic (exact) mass is 169 g/mol. The third kappa shape index (κ3) is 2.65. The van der Waals surface area contributed by atoms with E-state index in [0.29, 0.717) is 0 Å². The molecular formula is C5H6F3NO2. The first-order valence-electron chi connectivity index (χ1n) is 2.97. The fraction of sp³-hybridized carbons (Fsp3) is 0.800. The zero-order chi connectivity index (χ0) is 8.48. The second kappa shape index (κ2) is 2.60. The minimum absolute atomic E-state index is 0.196. The highest BCUT2D eigenvalue weighted by molar-refractivity contribution is 5.69. The highest BCUT2D eigenvalue weighted by atomic mass is 19.4. The molecule has 0 aromatic heterocycles. The van der Waals surface area contributed by atoms with E-state index in [0.717, 1.165) is 0 Å². The molecule has 1 fully saturated rings. The van der Waals surface area contributed by atoms with E-state index < -0.39 is 24.7 Å². The quantitative estimate of drug-likeness (QED) is 0.637. The minimum Gasteiger partial charge on any atom is -0.447 e. The van der Waals surface area contributed by atoms with Gasteiger partial charge in [0.1, 0.15) is 6.61 Å². The van der Waals surface area contributed by atoms with Crippen LogP contribution in [-0.4, -0.2) is 24.9 Å². The Morgan fingerprint density at radius 2 is 2.27 bits per heavy atom. The van der Waals surface area contributed by atoms with E-state index >= 15 is 0 Å². The largest absolute Gasteiger partial charge is 0.447 e. The van der Waals surface area contributed by atoms with Crippen molar-refractivity contribution in [2.24, 2.45) is 0 Å². The molecule has 1 aliphatic rings. The second-order valence-electron chi connectivity index (χ2n) is 2.26. The highest BCUT2D eigenvalue weighted by Gasteiger charge is 2.35. The van der Waals surface area contributed by atoms with E-state index in [9.17, 15) is 18.0 Å². The predicted octanol–water partition coefficient (Wildman–Crippen LogP) is 1.05. The first-order chi connectivity index (χ1) is 4.97. The molecule has 1 atom stereocenters. The van der Waals surface area contributed by atoms with E-state index in [1.54, 1.807) is 0 Å². The van der Waals surface area contributed by atoms with Crippen LogP contribution in [0.4, 0.5) is 18.0 Å². The number of hydrogen-bond donors (Lipinski definition) is 1. The molecule has 1 rings (SSSR count). The van der Waals surface area contributed by atoms with Crippen LogP contribution in [0.15, 0.2) is 0 Å². The number of alkyl carbamates (subject to hydrolysis) is 1. The van der Waals surface area contributed by atoms with Crippen molar-refractivity contribution in [2.45, 2.75) is 18.6 Å². The lowest BCUT2D eigenvalue weighted by Gasteiger charge is -2.09. The third-order valence-electron chi connectivity index (χ3n) is 1.22. The Morgan fingerprint density at radius 3 is 2.64 bits per heavy atom. The Hall–Kier alpha value is -0.940. The SMILES string of the molecule is O=C1NC(CC(F)(F)F)CO1. The summed E-state index contributed by atoms with van der Waals surface area (Å²) in [7, 11) is 0. The van der Waals surface area contributed by atoms with Crippen molar-refractivity contribution in [3.63, 3.8) is 0 Å². The summed E-state index contributed by atoms with van der Waals surface area (Å²) < 4.78 is 39.1. The summed E-state index contributed by atoms with van der Waals surface area (Å²) in [5.41, 5.74) is 0. The topological polar surface area (TPSA) is 38.3 Å². The average molecular weight is 169 g/mol. The normalized spacial score (nSPS) is 24.6. The van der Waals surface area contributed by atoms with Gasteiger partial charge in [0, 0.05) is 0 Å². The van der Waals surface area contributed by atoms with Crippen molar-refractivity contribution >= 4 is 6.09 Å². The number of cyclic esters (lactones) is 1. The van der Waals surface area contributed by atoms with Crippen molar-refractivity contribution in [1.29, 1.82) is 0 Å². The molecule has 0 aromatic rings. The Labute approximate surface area is 60.5 Å². The van der Waals surface area contributed by atoms with Crippen LogP contribution in [0.25, 0.3) is 0 Å². The summed E-state index contributed by atoms with van der Waals surface area (Å²) in [6.45, 7) is -0.196. The van der Waals surface area contributed by atoms with Crippen molar-refractivity contribution in [2.75, 3.05) is 6.61 Å². The zero-order valence-electron chi connectivity index (χ0n) is 5.44. The Bertz CT molecular complexity index is 168. The van der Waals surface area contributed by atoms with E-state index in [-0.39, 0.29) is 6.61 Å². The van der Waals surface area contributed by atoms with Gasteiger partial charge in [-0.05, 0) is 0 Å². The number of hydrogen-bond acceptors (Lipinski definition) is 2. The number of carbonyl (C=O) groups is 1. The Balaban J connectivity index is 2.34. The molecule has 1 amide bonds. The Kier molecular flexibility index (Phi) is 1.92. The lowest BCUT2D eigenvalue weighted by atomic mass is 10.2. The van der Waals surface area contributed by atoms with Gasteiger partial charge in [-0.2, -0.15) is 13.2 Å². The summed E-state index contributed by atoms with van der Waals surface area (Å²) in [5.74, 6) is 0. The third-order valence-corrected chi connectivity index (χ3v) is 1.22. The number of nitrogens with one attached hydrogen (secondary N) is 1. The van der Waals surface area contributed by atoms with E-state index in [1.807, 2.05) is 5.32 Å². The van der Waals surface area contributed by atoms with Gasteiger partial charge in [0.2, 0.25) is 0 Å². The number of ether oxygens (including phenoxy) is 1. The molecule has 1 heterocycles.